The minimum atomic E-state index is 1.14. The standard InChI is InChI=1S/C6H9B3/c7-5-2-1-3-6(4-5)9-8/h1-4,9H,7-8H2. The smallest absolute Gasteiger partial charge is 0.0940 e. The molecule has 42 valence electrons. The summed E-state index contributed by atoms with van der Waals surface area (Å²) in [5.74, 6) is 0. The average molecular weight is 114 g/mol. The molecule has 0 aliphatic carbocycles. The lowest BCUT2D eigenvalue weighted by Gasteiger charge is -1.94. The fourth-order valence-corrected chi connectivity index (χ4v) is 0.932. The van der Waals surface area contributed by atoms with Gasteiger partial charge in [-0.1, -0.05) is 35.2 Å². The molecule has 9 heavy (non-hydrogen) atoms. The Balaban J connectivity index is 2.94. The number of rotatable bonds is 1. The largest absolute Gasteiger partial charge is 0.139 e. The molecule has 0 unspecified atom stereocenters. The monoisotopic (exact) mass is 114 g/mol. The normalized spacial score (nSPS) is 8.89. The van der Waals surface area contributed by atoms with Crippen molar-refractivity contribution in [3.05, 3.63) is 24.3 Å². The Kier molecular flexibility index (Phi) is 2.04. The minimum Gasteiger partial charge on any atom is -0.0940 e. The van der Waals surface area contributed by atoms with Crippen molar-refractivity contribution in [3.8, 4) is 0 Å². The number of benzene rings is 1. The molecule has 1 rings (SSSR count). The topological polar surface area (TPSA) is 0 Å². The van der Waals surface area contributed by atoms with E-state index in [2.05, 4.69) is 39.8 Å². The van der Waals surface area contributed by atoms with Gasteiger partial charge in [0.15, 0.2) is 0 Å². The van der Waals surface area contributed by atoms with E-state index in [1.54, 1.807) is 0 Å². The van der Waals surface area contributed by atoms with E-state index in [-0.39, 0.29) is 0 Å². The van der Waals surface area contributed by atoms with Gasteiger partial charge in [0.05, 0.1) is 7.74 Å². The van der Waals surface area contributed by atoms with Crippen LogP contribution in [0.3, 0.4) is 0 Å². The van der Waals surface area contributed by atoms with Crippen LogP contribution in [0.2, 0.25) is 0 Å². The molecule has 0 spiro atoms. The summed E-state index contributed by atoms with van der Waals surface area (Å²) in [7, 11) is 5.44. The Bertz CT molecular complexity index is 197. The molecule has 0 radical (unpaired) electrons. The summed E-state index contributed by atoms with van der Waals surface area (Å²) < 4.78 is 0. The van der Waals surface area contributed by atoms with Crippen LogP contribution in [0.1, 0.15) is 0 Å². The molecule has 1 aromatic carbocycles. The van der Waals surface area contributed by atoms with Crippen LogP contribution >= 0.6 is 0 Å². The van der Waals surface area contributed by atoms with Gasteiger partial charge in [-0.2, -0.15) is 0 Å². The lowest BCUT2D eigenvalue weighted by atomic mass is 9.51. The van der Waals surface area contributed by atoms with E-state index >= 15 is 0 Å². The zero-order valence-corrected chi connectivity index (χ0v) is 6.02. The van der Waals surface area contributed by atoms with Gasteiger partial charge in [0.25, 0.3) is 0 Å². The third kappa shape index (κ3) is 1.67. The van der Waals surface area contributed by atoms with Gasteiger partial charge in [-0.3, -0.25) is 0 Å². The molecule has 3 heteroatoms. The van der Waals surface area contributed by atoms with E-state index in [4.69, 9.17) is 0 Å². The van der Waals surface area contributed by atoms with Gasteiger partial charge in [-0.15, -0.1) is 0 Å². The molecule has 0 atom stereocenters. The summed E-state index contributed by atoms with van der Waals surface area (Å²) in [6.45, 7) is 0. The van der Waals surface area contributed by atoms with Gasteiger partial charge in [-0.05, 0) is 0 Å². The first-order valence-electron chi connectivity index (χ1n) is 3.38. The van der Waals surface area contributed by atoms with E-state index < -0.39 is 0 Å². The fraction of sp³-hybridized carbons (Fsp3) is 0. The van der Waals surface area contributed by atoms with Crippen molar-refractivity contribution in [1.29, 1.82) is 0 Å². The Morgan fingerprint density at radius 2 is 2.11 bits per heavy atom. The molecule has 0 nitrogen and oxygen atoms in total. The van der Waals surface area contributed by atoms with Crippen molar-refractivity contribution in [2.45, 2.75) is 0 Å². The van der Waals surface area contributed by atoms with Crippen LogP contribution in [-0.2, 0) is 0 Å². The van der Waals surface area contributed by atoms with Crippen molar-refractivity contribution in [1.82, 2.24) is 0 Å². The third-order valence-corrected chi connectivity index (χ3v) is 1.49. The van der Waals surface area contributed by atoms with Gasteiger partial charge < -0.3 is 0 Å². The van der Waals surface area contributed by atoms with Crippen LogP contribution in [0.4, 0.5) is 0 Å². The van der Waals surface area contributed by atoms with Crippen molar-refractivity contribution in [2.24, 2.45) is 0 Å². The summed E-state index contributed by atoms with van der Waals surface area (Å²) >= 11 is 0. The van der Waals surface area contributed by atoms with Crippen LogP contribution in [-0.4, -0.2) is 22.8 Å². The summed E-state index contributed by atoms with van der Waals surface area (Å²) in [6, 6.07) is 8.61. The molecule has 0 N–H and O–H groups in total. The summed E-state index contributed by atoms with van der Waals surface area (Å²) in [5, 5.41) is 0. The van der Waals surface area contributed by atoms with Crippen LogP contribution < -0.4 is 10.9 Å². The first-order chi connectivity index (χ1) is 4.33. The molecular weight excluding hydrogens is 105 g/mol. The lowest BCUT2D eigenvalue weighted by molar-refractivity contribution is 1.84. The highest BCUT2D eigenvalue weighted by Crippen LogP contribution is 1.75. The van der Waals surface area contributed by atoms with Crippen LogP contribution in [0, 0.1) is 0 Å². The lowest BCUT2D eigenvalue weighted by Crippen LogP contribution is -2.19. The second kappa shape index (κ2) is 2.81. The van der Waals surface area contributed by atoms with Crippen molar-refractivity contribution in [3.63, 3.8) is 0 Å². The van der Waals surface area contributed by atoms with Crippen molar-refractivity contribution >= 4 is 33.7 Å². The van der Waals surface area contributed by atoms with E-state index in [0.717, 1.165) is 7.17 Å². The van der Waals surface area contributed by atoms with Crippen molar-refractivity contribution in [2.75, 3.05) is 0 Å². The molecule has 1 aromatic rings. The second-order valence-corrected chi connectivity index (χ2v) is 2.34. The Labute approximate surface area is 58.7 Å². The molecule has 0 saturated heterocycles. The molecule has 0 aromatic heterocycles. The molecule has 0 heterocycles. The minimum absolute atomic E-state index is 1.14. The van der Waals surface area contributed by atoms with Crippen LogP contribution in [0.5, 0.6) is 0 Å². The van der Waals surface area contributed by atoms with Gasteiger partial charge in [0.2, 0.25) is 0 Å². The quantitative estimate of drug-likeness (QED) is 0.355. The fourth-order valence-electron chi connectivity index (χ4n) is 0.932. The summed E-state index contributed by atoms with van der Waals surface area (Å²) in [6.07, 6.45) is 0. The molecule has 0 aliphatic rings. The molecule has 0 saturated carbocycles. The molecular formula is C6H9B3. The molecule has 0 amide bonds. The van der Waals surface area contributed by atoms with E-state index in [1.165, 1.54) is 10.9 Å². The van der Waals surface area contributed by atoms with Gasteiger partial charge in [-0.25, -0.2) is 0 Å². The first-order valence-corrected chi connectivity index (χ1v) is 3.38. The first kappa shape index (κ1) is 6.53. The number of hydrogen-bond acceptors (Lipinski definition) is 0. The average Bonchev–Trinajstić information content (AvgIpc) is 1.88. The SMILES string of the molecule is BBc1cccc(B)c1. The van der Waals surface area contributed by atoms with Crippen LogP contribution in [0.25, 0.3) is 0 Å². The highest BCUT2D eigenvalue weighted by Gasteiger charge is 1.87. The van der Waals surface area contributed by atoms with Crippen molar-refractivity contribution < 1.29 is 0 Å². The zero-order valence-electron chi connectivity index (χ0n) is 6.02. The Morgan fingerprint density at radius 1 is 1.33 bits per heavy atom. The maximum atomic E-state index is 2.22. The van der Waals surface area contributed by atoms with Gasteiger partial charge >= 0.3 is 0 Å². The zero-order chi connectivity index (χ0) is 6.69. The summed E-state index contributed by atoms with van der Waals surface area (Å²) in [4.78, 5) is 0. The van der Waals surface area contributed by atoms with Gasteiger partial charge in [0.1, 0.15) is 15.0 Å². The Hall–Kier alpha value is -0.585. The molecule has 0 bridgehead atoms. The highest BCUT2D eigenvalue weighted by atomic mass is 13.8. The van der Waals surface area contributed by atoms with E-state index in [0.29, 0.717) is 0 Å². The summed E-state index contributed by atoms with van der Waals surface area (Å²) in [5.41, 5.74) is 2.78. The predicted molar refractivity (Wildman–Crippen MR) is 49.9 cm³/mol. The molecule has 0 aliphatic heterocycles. The van der Waals surface area contributed by atoms with E-state index in [9.17, 15) is 0 Å². The highest BCUT2D eigenvalue weighted by molar-refractivity contribution is 6.97. The number of hydrogen-bond donors (Lipinski definition) is 0. The maximum absolute atomic E-state index is 2.22. The molecule has 0 fully saturated rings. The van der Waals surface area contributed by atoms with E-state index in [1.807, 2.05) is 0 Å². The van der Waals surface area contributed by atoms with Crippen LogP contribution in [0.15, 0.2) is 24.3 Å². The second-order valence-electron chi connectivity index (χ2n) is 2.34. The van der Waals surface area contributed by atoms with Gasteiger partial charge in [0, 0.05) is 0 Å². The maximum Gasteiger partial charge on any atom is 0.139 e. The third-order valence-electron chi connectivity index (χ3n) is 1.49. The predicted octanol–water partition coefficient (Wildman–Crippen LogP) is -2.45. The Morgan fingerprint density at radius 3 is 2.56 bits per heavy atom.